The third kappa shape index (κ3) is 3.52. The fourth-order valence-corrected chi connectivity index (χ4v) is 4.19. The summed E-state index contributed by atoms with van der Waals surface area (Å²) in [5, 5.41) is 6.32. The molecule has 134 valence electrons. The van der Waals surface area contributed by atoms with Crippen molar-refractivity contribution in [2.75, 3.05) is 4.72 Å². The van der Waals surface area contributed by atoms with Gasteiger partial charge in [0.2, 0.25) is 0 Å². The number of hydrogen-bond acceptors (Lipinski definition) is 4. The highest BCUT2D eigenvalue weighted by atomic mass is 32.2. The van der Waals surface area contributed by atoms with E-state index < -0.39 is 10.0 Å². The van der Waals surface area contributed by atoms with E-state index in [0.717, 1.165) is 11.1 Å². The summed E-state index contributed by atoms with van der Waals surface area (Å²) in [5.74, 6) is 0. The standard InChI is InChI=1S/C19H19N3O3S/c1-12-7-8-15(16-9-10-18(23)21-20-16)11-17(12)26(24,25)22-19-13(2)5-4-6-14(19)3/h4-11,22H,1-3H3,(H,21,23). The first-order valence-electron chi connectivity index (χ1n) is 8.04. The van der Waals surface area contributed by atoms with Gasteiger partial charge in [0.05, 0.1) is 16.3 Å². The Morgan fingerprint density at radius 1 is 0.923 bits per heavy atom. The number of rotatable bonds is 4. The van der Waals surface area contributed by atoms with Gasteiger partial charge in [-0.1, -0.05) is 30.3 Å². The smallest absolute Gasteiger partial charge is 0.264 e. The number of benzene rings is 2. The molecule has 0 bridgehead atoms. The number of nitrogens with zero attached hydrogens (tertiary/aromatic N) is 1. The van der Waals surface area contributed by atoms with Gasteiger partial charge in [-0.3, -0.25) is 9.52 Å². The molecule has 7 heteroatoms. The van der Waals surface area contributed by atoms with Crippen molar-refractivity contribution in [3.05, 3.63) is 75.6 Å². The van der Waals surface area contributed by atoms with Crippen molar-refractivity contribution >= 4 is 15.7 Å². The molecule has 3 rings (SSSR count). The van der Waals surface area contributed by atoms with E-state index in [1.54, 1.807) is 31.2 Å². The molecule has 0 saturated heterocycles. The van der Waals surface area contributed by atoms with Crippen LogP contribution in [-0.4, -0.2) is 18.6 Å². The first-order chi connectivity index (χ1) is 12.3. The normalized spacial score (nSPS) is 11.3. The highest BCUT2D eigenvalue weighted by Crippen LogP contribution is 2.27. The van der Waals surface area contributed by atoms with Crippen molar-refractivity contribution in [3.63, 3.8) is 0 Å². The minimum Gasteiger partial charge on any atom is -0.279 e. The lowest BCUT2D eigenvalue weighted by molar-refractivity contribution is 0.600. The Bertz CT molecular complexity index is 1090. The molecule has 2 N–H and O–H groups in total. The van der Waals surface area contributed by atoms with E-state index in [2.05, 4.69) is 14.9 Å². The van der Waals surface area contributed by atoms with Gasteiger partial charge in [-0.25, -0.2) is 13.5 Å². The van der Waals surface area contributed by atoms with Gasteiger partial charge in [0.1, 0.15) is 0 Å². The van der Waals surface area contributed by atoms with Crippen LogP contribution < -0.4 is 10.3 Å². The van der Waals surface area contributed by atoms with Crippen LogP contribution in [0.3, 0.4) is 0 Å². The molecule has 0 saturated carbocycles. The van der Waals surface area contributed by atoms with Crippen LogP contribution in [0.15, 0.2) is 58.2 Å². The second-order valence-electron chi connectivity index (χ2n) is 6.16. The van der Waals surface area contributed by atoms with Gasteiger partial charge in [-0.2, -0.15) is 5.10 Å². The third-order valence-corrected chi connectivity index (χ3v) is 5.66. The number of aryl methyl sites for hydroxylation is 3. The molecule has 0 amide bonds. The third-order valence-electron chi connectivity index (χ3n) is 4.17. The highest BCUT2D eigenvalue weighted by Gasteiger charge is 2.20. The minimum atomic E-state index is -3.78. The van der Waals surface area contributed by atoms with E-state index in [0.29, 0.717) is 22.5 Å². The fraction of sp³-hybridized carbons (Fsp3) is 0.158. The van der Waals surface area contributed by atoms with Crippen molar-refractivity contribution in [1.82, 2.24) is 10.2 Å². The molecule has 0 fully saturated rings. The summed E-state index contributed by atoms with van der Waals surface area (Å²) in [4.78, 5) is 11.3. The van der Waals surface area contributed by atoms with E-state index in [-0.39, 0.29) is 10.5 Å². The molecule has 0 aliphatic heterocycles. The molecule has 6 nitrogen and oxygen atoms in total. The molecule has 1 aromatic heterocycles. The zero-order valence-corrected chi connectivity index (χ0v) is 15.5. The lowest BCUT2D eigenvalue weighted by Gasteiger charge is -2.15. The second kappa shape index (κ2) is 6.76. The van der Waals surface area contributed by atoms with Crippen molar-refractivity contribution in [2.45, 2.75) is 25.7 Å². The quantitative estimate of drug-likeness (QED) is 0.739. The van der Waals surface area contributed by atoms with Crippen LogP contribution in [0.4, 0.5) is 5.69 Å². The molecular weight excluding hydrogens is 350 g/mol. The second-order valence-corrected chi connectivity index (χ2v) is 7.81. The van der Waals surface area contributed by atoms with E-state index >= 15 is 0 Å². The molecule has 0 radical (unpaired) electrons. The maximum Gasteiger partial charge on any atom is 0.264 e. The van der Waals surface area contributed by atoms with Gasteiger partial charge in [0.25, 0.3) is 15.6 Å². The van der Waals surface area contributed by atoms with E-state index in [9.17, 15) is 13.2 Å². The van der Waals surface area contributed by atoms with Gasteiger partial charge >= 0.3 is 0 Å². The molecule has 2 aromatic carbocycles. The largest absolute Gasteiger partial charge is 0.279 e. The summed E-state index contributed by atoms with van der Waals surface area (Å²) < 4.78 is 28.6. The number of hydrogen-bond donors (Lipinski definition) is 2. The molecule has 0 atom stereocenters. The number of H-pyrrole nitrogens is 1. The lowest BCUT2D eigenvalue weighted by atomic mass is 10.1. The van der Waals surface area contributed by atoms with E-state index in [1.807, 2.05) is 32.0 Å². The average molecular weight is 369 g/mol. The Morgan fingerprint density at radius 2 is 1.62 bits per heavy atom. The van der Waals surface area contributed by atoms with Crippen LogP contribution in [0.1, 0.15) is 16.7 Å². The van der Waals surface area contributed by atoms with Crippen LogP contribution in [0.2, 0.25) is 0 Å². The molecular formula is C19H19N3O3S. The average Bonchev–Trinajstić information content (AvgIpc) is 2.59. The SMILES string of the molecule is Cc1ccc(-c2ccc(=O)[nH]n2)cc1S(=O)(=O)Nc1c(C)cccc1C. The topological polar surface area (TPSA) is 91.9 Å². The predicted molar refractivity (Wildman–Crippen MR) is 102 cm³/mol. The van der Waals surface area contributed by atoms with Gasteiger partial charge < -0.3 is 0 Å². The minimum absolute atomic E-state index is 0.172. The zero-order valence-electron chi connectivity index (χ0n) is 14.7. The van der Waals surface area contributed by atoms with Crippen LogP contribution in [0.5, 0.6) is 0 Å². The Hall–Kier alpha value is -2.93. The number of aromatic amines is 1. The van der Waals surface area contributed by atoms with Crippen LogP contribution in [0.25, 0.3) is 11.3 Å². The monoisotopic (exact) mass is 369 g/mol. The number of anilines is 1. The van der Waals surface area contributed by atoms with Crippen LogP contribution in [-0.2, 0) is 10.0 Å². The van der Waals surface area contributed by atoms with Crippen molar-refractivity contribution in [2.24, 2.45) is 0 Å². The Labute approximate surface area is 152 Å². The summed E-state index contributed by atoms with van der Waals surface area (Å²) in [6.45, 7) is 5.46. The molecule has 0 aliphatic carbocycles. The van der Waals surface area contributed by atoms with Crippen molar-refractivity contribution in [3.8, 4) is 11.3 Å². The van der Waals surface area contributed by atoms with Gasteiger partial charge in [0.15, 0.2) is 0 Å². The summed E-state index contributed by atoms with van der Waals surface area (Å²) >= 11 is 0. The number of aromatic nitrogens is 2. The summed E-state index contributed by atoms with van der Waals surface area (Å²) in [6, 6.07) is 13.6. The first kappa shape index (κ1) is 17.9. The summed E-state index contributed by atoms with van der Waals surface area (Å²) in [7, 11) is -3.78. The molecule has 0 unspecified atom stereocenters. The van der Waals surface area contributed by atoms with Crippen molar-refractivity contribution < 1.29 is 8.42 Å². The van der Waals surface area contributed by atoms with Gasteiger partial charge in [0, 0.05) is 11.6 Å². The maximum absolute atomic E-state index is 13.0. The predicted octanol–water partition coefficient (Wildman–Crippen LogP) is 3.16. The fourth-order valence-electron chi connectivity index (χ4n) is 2.72. The van der Waals surface area contributed by atoms with Crippen LogP contribution in [0, 0.1) is 20.8 Å². The highest BCUT2D eigenvalue weighted by molar-refractivity contribution is 7.92. The van der Waals surface area contributed by atoms with Gasteiger partial charge in [-0.05, 0) is 49.6 Å². The Morgan fingerprint density at radius 3 is 2.23 bits per heavy atom. The summed E-state index contributed by atoms with van der Waals surface area (Å²) in [6.07, 6.45) is 0. The molecule has 1 heterocycles. The molecule has 26 heavy (non-hydrogen) atoms. The molecule has 3 aromatic rings. The van der Waals surface area contributed by atoms with E-state index in [4.69, 9.17) is 0 Å². The zero-order chi connectivity index (χ0) is 18.9. The molecule has 0 aliphatic rings. The lowest BCUT2D eigenvalue weighted by Crippen LogP contribution is -2.16. The maximum atomic E-state index is 13.0. The van der Waals surface area contributed by atoms with E-state index in [1.165, 1.54) is 6.07 Å². The Balaban J connectivity index is 2.06. The molecule has 0 spiro atoms. The number of sulfonamides is 1. The van der Waals surface area contributed by atoms with Gasteiger partial charge in [-0.15, -0.1) is 0 Å². The van der Waals surface area contributed by atoms with Crippen molar-refractivity contribution in [1.29, 1.82) is 0 Å². The van der Waals surface area contributed by atoms with Crippen LogP contribution >= 0.6 is 0 Å². The number of nitrogens with one attached hydrogen (secondary N) is 2. The number of para-hydroxylation sites is 1. The Kier molecular flexibility index (Phi) is 4.65. The first-order valence-corrected chi connectivity index (χ1v) is 9.52. The summed E-state index contributed by atoms with van der Waals surface area (Å²) in [5.41, 5.74) is 3.69.